The molecule has 2 atom stereocenters. The zero-order chi connectivity index (χ0) is 14.9. The number of halogens is 1. The number of anilines is 1. The largest absolute Gasteiger partial charge is 0.391 e. The lowest BCUT2D eigenvalue weighted by atomic mass is 10.1. The van der Waals surface area contributed by atoms with E-state index in [9.17, 15) is 9.50 Å². The van der Waals surface area contributed by atoms with Gasteiger partial charge in [-0.05, 0) is 38.7 Å². The molecule has 0 aromatic heterocycles. The van der Waals surface area contributed by atoms with Crippen molar-refractivity contribution in [1.82, 2.24) is 4.90 Å². The van der Waals surface area contributed by atoms with E-state index in [4.69, 9.17) is 11.1 Å². The lowest BCUT2D eigenvalue weighted by Crippen LogP contribution is -2.38. The van der Waals surface area contributed by atoms with E-state index in [1.165, 1.54) is 6.07 Å². The summed E-state index contributed by atoms with van der Waals surface area (Å²) < 4.78 is 14.2. The molecule has 0 saturated carbocycles. The Labute approximate surface area is 118 Å². The molecule has 0 radical (unpaired) electrons. The molecule has 1 fully saturated rings. The number of amidine groups is 1. The second kappa shape index (κ2) is 5.76. The van der Waals surface area contributed by atoms with Crippen LogP contribution in [0.25, 0.3) is 0 Å². The highest BCUT2D eigenvalue weighted by Crippen LogP contribution is 2.29. The van der Waals surface area contributed by atoms with Gasteiger partial charge in [0.2, 0.25) is 0 Å². The van der Waals surface area contributed by atoms with Crippen molar-refractivity contribution in [2.75, 3.05) is 32.1 Å². The van der Waals surface area contributed by atoms with Crippen LogP contribution in [0.1, 0.15) is 12.0 Å². The van der Waals surface area contributed by atoms with E-state index in [0.717, 1.165) is 6.54 Å². The maximum atomic E-state index is 14.2. The van der Waals surface area contributed by atoms with Gasteiger partial charge in [0.1, 0.15) is 11.7 Å². The predicted octanol–water partition coefficient (Wildman–Crippen LogP) is 0.611. The van der Waals surface area contributed by atoms with Gasteiger partial charge in [0.25, 0.3) is 0 Å². The van der Waals surface area contributed by atoms with Crippen LogP contribution in [0.4, 0.5) is 10.1 Å². The Balaban J connectivity index is 2.27. The summed E-state index contributed by atoms with van der Waals surface area (Å²) >= 11 is 0. The number of β-amino-alcohol motifs (C(OH)–C–C–N with tert-alkyl or cyclic N) is 1. The summed E-state index contributed by atoms with van der Waals surface area (Å²) in [6.45, 7) is 1.18. The second-order valence-corrected chi connectivity index (χ2v) is 5.54. The number of nitrogens with two attached hydrogens (primary N) is 1. The minimum Gasteiger partial charge on any atom is -0.391 e. The van der Waals surface area contributed by atoms with Crippen molar-refractivity contribution in [3.05, 3.63) is 29.6 Å². The fourth-order valence-corrected chi connectivity index (χ4v) is 2.69. The first-order valence-electron chi connectivity index (χ1n) is 6.62. The number of likely N-dealkylation sites (N-methyl/N-ethyl adjacent to an activating group) is 1. The molecule has 0 spiro atoms. The molecule has 1 aromatic carbocycles. The molecule has 1 aliphatic rings. The summed E-state index contributed by atoms with van der Waals surface area (Å²) in [5.41, 5.74) is 6.19. The molecule has 0 aliphatic carbocycles. The molecule has 1 heterocycles. The molecule has 0 bridgehead atoms. The van der Waals surface area contributed by atoms with Gasteiger partial charge in [-0.3, -0.25) is 5.41 Å². The molecule has 6 heteroatoms. The molecule has 1 aromatic rings. The van der Waals surface area contributed by atoms with Crippen LogP contribution in [0.5, 0.6) is 0 Å². The normalized spacial score (nSPS) is 22.6. The molecule has 1 aliphatic heterocycles. The van der Waals surface area contributed by atoms with E-state index >= 15 is 0 Å². The van der Waals surface area contributed by atoms with Gasteiger partial charge in [-0.1, -0.05) is 0 Å². The standard InChI is InChI=1S/C14H21FN4O/c1-18(2)7-10-6-11(20)8-19(10)13-4-3-9(14(16)17)5-12(13)15/h3-5,10-11,20H,6-8H2,1-2H3,(H3,16,17). The molecular formula is C14H21FN4O. The maximum Gasteiger partial charge on any atom is 0.147 e. The summed E-state index contributed by atoms with van der Waals surface area (Å²) in [6.07, 6.45) is 0.193. The second-order valence-electron chi connectivity index (χ2n) is 5.54. The molecule has 2 unspecified atom stereocenters. The highest BCUT2D eigenvalue weighted by Gasteiger charge is 2.32. The van der Waals surface area contributed by atoms with Crippen LogP contribution in [0.3, 0.4) is 0 Å². The number of hydrogen-bond donors (Lipinski definition) is 3. The van der Waals surface area contributed by atoms with Crippen molar-refractivity contribution in [1.29, 1.82) is 5.41 Å². The molecule has 20 heavy (non-hydrogen) atoms. The monoisotopic (exact) mass is 280 g/mol. The van der Waals surface area contributed by atoms with Crippen LogP contribution >= 0.6 is 0 Å². The van der Waals surface area contributed by atoms with Crippen molar-refractivity contribution < 1.29 is 9.50 Å². The van der Waals surface area contributed by atoms with Crippen molar-refractivity contribution >= 4 is 11.5 Å². The van der Waals surface area contributed by atoms with Crippen LogP contribution < -0.4 is 10.6 Å². The number of hydrogen-bond acceptors (Lipinski definition) is 4. The van der Waals surface area contributed by atoms with E-state index in [1.807, 2.05) is 23.9 Å². The number of nitrogens with zero attached hydrogens (tertiary/aromatic N) is 2. The van der Waals surface area contributed by atoms with Crippen molar-refractivity contribution in [3.8, 4) is 0 Å². The van der Waals surface area contributed by atoms with Gasteiger partial charge < -0.3 is 20.6 Å². The van der Waals surface area contributed by atoms with E-state index in [1.54, 1.807) is 12.1 Å². The zero-order valence-electron chi connectivity index (χ0n) is 11.8. The summed E-state index contributed by atoms with van der Waals surface area (Å²) in [6, 6.07) is 4.62. The number of rotatable bonds is 4. The Kier molecular flexibility index (Phi) is 4.25. The number of benzene rings is 1. The summed E-state index contributed by atoms with van der Waals surface area (Å²) in [5, 5.41) is 17.2. The van der Waals surface area contributed by atoms with Gasteiger partial charge in [-0.25, -0.2) is 4.39 Å². The molecule has 2 rings (SSSR count). The molecule has 1 saturated heterocycles. The van der Waals surface area contributed by atoms with Crippen LogP contribution in [0.2, 0.25) is 0 Å². The van der Waals surface area contributed by atoms with Gasteiger partial charge in [-0.15, -0.1) is 0 Å². The first kappa shape index (κ1) is 14.7. The highest BCUT2D eigenvalue weighted by molar-refractivity contribution is 5.95. The fourth-order valence-electron chi connectivity index (χ4n) is 2.69. The fraction of sp³-hybridized carbons (Fsp3) is 0.500. The average Bonchev–Trinajstić information content (AvgIpc) is 2.68. The smallest absolute Gasteiger partial charge is 0.147 e. The Morgan fingerprint density at radius 2 is 2.25 bits per heavy atom. The SMILES string of the molecule is CN(C)CC1CC(O)CN1c1ccc(C(=N)N)cc1F. The topological polar surface area (TPSA) is 76.6 Å². The molecule has 4 N–H and O–H groups in total. The average molecular weight is 280 g/mol. The lowest BCUT2D eigenvalue weighted by molar-refractivity contribution is 0.191. The van der Waals surface area contributed by atoms with E-state index in [0.29, 0.717) is 24.2 Å². The summed E-state index contributed by atoms with van der Waals surface area (Å²) in [7, 11) is 3.91. The van der Waals surface area contributed by atoms with E-state index in [2.05, 4.69) is 0 Å². The first-order chi connectivity index (χ1) is 9.38. The van der Waals surface area contributed by atoms with Gasteiger partial charge in [0, 0.05) is 24.7 Å². The van der Waals surface area contributed by atoms with Crippen LogP contribution in [0.15, 0.2) is 18.2 Å². The lowest BCUT2D eigenvalue weighted by Gasteiger charge is -2.29. The minimum atomic E-state index is -0.438. The Morgan fingerprint density at radius 3 is 2.80 bits per heavy atom. The van der Waals surface area contributed by atoms with E-state index < -0.39 is 11.9 Å². The molecule has 0 amide bonds. The third kappa shape index (κ3) is 3.08. The third-order valence-electron chi connectivity index (χ3n) is 3.54. The van der Waals surface area contributed by atoms with Gasteiger partial charge in [0.05, 0.1) is 11.8 Å². The number of aliphatic hydroxyl groups excluding tert-OH is 1. The Morgan fingerprint density at radius 1 is 1.55 bits per heavy atom. The first-order valence-corrected chi connectivity index (χ1v) is 6.62. The van der Waals surface area contributed by atoms with E-state index in [-0.39, 0.29) is 11.9 Å². The minimum absolute atomic E-state index is 0.0812. The quantitative estimate of drug-likeness (QED) is 0.558. The number of nitrogens with one attached hydrogen (secondary N) is 1. The van der Waals surface area contributed by atoms with Gasteiger partial charge >= 0.3 is 0 Å². The number of nitrogen functional groups attached to an aromatic ring is 1. The van der Waals surface area contributed by atoms with Crippen LogP contribution in [-0.2, 0) is 0 Å². The van der Waals surface area contributed by atoms with Crippen molar-refractivity contribution in [2.45, 2.75) is 18.6 Å². The van der Waals surface area contributed by atoms with Gasteiger partial charge in [-0.2, -0.15) is 0 Å². The van der Waals surface area contributed by atoms with Crippen molar-refractivity contribution in [3.63, 3.8) is 0 Å². The van der Waals surface area contributed by atoms with Crippen LogP contribution in [0, 0.1) is 11.2 Å². The Bertz CT molecular complexity index is 506. The Hall–Kier alpha value is -1.66. The summed E-state index contributed by atoms with van der Waals surface area (Å²) in [4.78, 5) is 3.92. The molecular weight excluding hydrogens is 259 g/mol. The predicted molar refractivity (Wildman–Crippen MR) is 77.7 cm³/mol. The van der Waals surface area contributed by atoms with Crippen molar-refractivity contribution in [2.24, 2.45) is 5.73 Å². The summed E-state index contributed by atoms with van der Waals surface area (Å²) in [5.74, 6) is -0.558. The maximum absolute atomic E-state index is 14.2. The van der Waals surface area contributed by atoms with Crippen LogP contribution in [-0.4, -0.2) is 55.2 Å². The number of aliphatic hydroxyl groups is 1. The zero-order valence-corrected chi connectivity index (χ0v) is 11.8. The van der Waals surface area contributed by atoms with Gasteiger partial charge in [0.15, 0.2) is 0 Å². The third-order valence-corrected chi connectivity index (χ3v) is 3.54. The highest BCUT2D eigenvalue weighted by atomic mass is 19.1. The molecule has 110 valence electrons. The molecule has 5 nitrogen and oxygen atoms in total.